The third-order valence-corrected chi connectivity index (χ3v) is 9.62. The lowest BCUT2D eigenvalue weighted by Crippen LogP contribution is -2.61. The van der Waals surface area contributed by atoms with Gasteiger partial charge in [-0.1, -0.05) is 110 Å². The summed E-state index contributed by atoms with van der Waals surface area (Å²) < 4.78 is 33.6. The Balaban J connectivity index is 1.73. The minimum absolute atomic E-state index is 0.0636. The van der Waals surface area contributed by atoms with E-state index in [4.69, 9.17) is 28.4 Å². The first kappa shape index (κ1) is 46.1. The molecule has 7 N–H and O–H groups in total. The van der Waals surface area contributed by atoms with Gasteiger partial charge in [-0.05, 0) is 12.8 Å². The second-order valence-electron chi connectivity index (χ2n) is 14.1. The number of carbonyl (C=O) groups excluding carboxylic acids is 1. The van der Waals surface area contributed by atoms with Gasteiger partial charge in [0.2, 0.25) is 0 Å². The maximum atomic E-state index is 12.4. The summed E-state index contributed by atoms with van der Waals surface area (Å²) in [6.07, 6.45) is 4.60. The fourth-order valence-electron chi connectivity index (χ4n) is 6.26. The van der Waals surface area contributed by atoms with Crippen molar-refractivity contribution < 1.29 is 69.0 Å². The molecule has 302 valence electrons. The lowest BCUT2D eigenvalue weighted by Gasteiger charge is -2.42. The quantitative estimate of drug-likeness (QED) is 0.0434. The van der Waals surface area contributed by atoms with E-state index in [9.17, 15) is 40.5 Å². The molecule has 2 fully saturated rings. The van der Waals surface area contributed by atoms with Gasteiger partial charge in [0.1, 0.15) is 54.9 Å². The molecule has 14 nitrogen and oxygen atoms in total. The standard InChI is InChI=1S/C37H70O14/c1-3-5-7-8-9-10-11-12-13-14-15-16-17-18-19-21-46-23-26(49-29(39)20-6-4-2)24-47-36-35(45)33(43)31(41)28(51-36)25-48-37-34(44)32(42)30(40)27(22-38)50-37/h26-28,30-38,40-45H,3-25H2,1-2H3. The van der Waals surface area contributed by atoms with Crippen LogP contribution in [0.15, 0.2) is 0 Å². The lowest BCUT2D eigenvalue weighted by molar-refractivity contribution is -0.332. The highest BCUT2D eigenvalue weighted by molar-refractivity contribution is 5.69. The second kappa shape index (κ2) is 27.6. The molecule has 2 aliphatic heterocycles. The van der Waals surface area contributed by atoms with E-state index in [0.29, 0.717) is 13.0 Å². The average Bonchev–Trinajstić information content (AvgIpc) is 3.13. The molecular formula is C37H70O14. The zero-order valence-corrected chi connectivity index (χ0v) is 31.1. The smallest absolute Gasteiger partial charge is 0.306 e. The number of hydrogen-bond donors (Lipinski definition) is 7. The summed E-state index contributed by atoms with van der Waals surface area (Å²) >= 11 is 0. The molecule has 0 aromatic carbocycles. The van der Waals surface area contributed by atoms with Crippen LogP contribution < -0.4 is 0 Å². The molecule has 11 unspecified atom stereocenters. The van der Waals surface area contributed by atoms with Crippen molar-refractivity contribution in [2.24, 2.45) is 0 Å². The van der Waals surface area contributed by atoms with Gasteiger partial charge in [-0.15, -0.1) is 0 Å². The van der Waals surface area contributed by atoms with Crippen molar-refractivity contribution in [2.75, 3.05) is 33.0 Å². The number of carbonyl (C=O) groups is 1. The van der Waals surface area contributed by atoms with Crippen molar-refractivity contribution in [3.8, 4) is 0 Å². The van der Waals surface area contributed by atoms with Gasteiger partial charge in [-0.2, -0.15) is 0 Å². The van der Waals surface area contributed by atoms with Crippen LogP contribution in [-0.4, -0.2) is 142 Å². The highest BCUT2D eigenvalue weighted by atomic mass is 16.7. The van der Waals surface area contributed by atoms with Crippen LogP contribution in [0.2, 0.25) is 0 Å². The number of rotatable bonds is 29. The minimum Gasteiger partial charge on any atom is -0.457 e. The molecule has 0 aromatic heterocycles. The van der Waals surface area contributed by atoms with Crippen LogP contribution in [0, 0.1) is 0 Å². The number of ether oxygens (including phenoxy) is 6. The zero-order valence-electron chi connectivity index (χ0n) is 31.1. The van der Waals surface area contributed by atoms with Gasteiger partial charge < -0.3 is 64.2 Å². The molecule has 2 aliphatic rings. The van der Waals surface area contributed by atoms with E-state index >= 15 is 0 Å². The molecule has 14 heteroatoms. The van der Waals surface area contributed by atoms with Crippen molar-refractivity contribution in [1.82, 2.24) is 0 Å². The molecule has 0 radical (unpaired) electrons. The predicted octanol–water partition coefficient (Wildman–Crippen LogP) is 2.62. The number of aliphatic hydroxyl groups is 7. The minimum atomic E-state index is -1.70. The van der Waals surface area contributed by atoms with Crippen molar-refractivity contribution in [2.45, 2.75) is 197 Å². The van der Waals surface area contributed by atoms with E-state index in [-0.39, 0.29) is 19.6 Å². The van der Waals surface area contributed by atoms with E-state index in [1.807, 2.05) is 6.92 Å². The van der Waals surface area contributed by atoms with Crippen LogP contribution in [0.5, 0.6) is 0 Å². The van der Waals surface area contributed by atoms with Gasteiger partial charge >= 0.3 is 5.97 Å². The summed E-state index contributed by atoms with van der Waals surface area (Å²) in [4.78, 5) is 12.4. The number of hydrogen-bond acceptors (Lipinski definition) is 14. The van der Waals surface area contributed by atoms with Crippen molar-refractivity contribution in [3.63, 3.8) is 0 Å². The highest BCUT2D eigenvalue weighted by Gasteiger charge is 2.47. The van der Waals surface area contributed by atoms with Crippen LogP contribution in [0.1, 0.15) is 129 Å². The van der Waals surface area contributed by atoms with Gasteiger partial charge in [0.25, 0.3) is 0 Å². The first-order chi connectivity index (χ1) is 24.6. The molecular weight excluding hydrogens is 668 g/mol. The molecule has 0 spiro atoms. The van der Waals surface area contributed by atoms with E-state index in [1.165, 1.54) is 77.0 Å². The Kier molecular flexibility index (Phi) is 24.9. The monoisotopic (exact) mass is 738 g/mol. The number of esters is 1. The van der Waals surface area contributed by atoms with Gasteiger partial charge in [-0.25, -0.2) is 0 Å². The second-order valence-corrected chi connectivity index (χ2v) is 14.1. The maximum absolute atomic E-state index is 12.4. The summed E-state index contributed by atoms with van der Waals surface area (Å²) in [5.41, 5.74) is 0. The summed E-state index contributed by atoms with van der Waals surface area (Å²) in [7, 11) is 0. The van der Waals surface area contributed by atoms with E-state index < -0.39 is 86.7 Å². The number of aliphatic hydroxyl groups excluding tert-OH is 7. The Morgan fingerprint density at radius 2 is 1.04 bits per heavy atom. The molecule has 0 amide bonds. The topological polar surface area (TPSA) is 214 Å². The van der Waals surface area contributed by atoms with E-state index in [2.05, 4.69) is 6.92 Å². The third-order valence-electron chi connectivity index (χ3n) is 9.62. The van der Waals surface area contributed by atoms with Crippen LogP contribution >= 0.6 is 0 Å². The van der Waals surface area contributed by atoms with Crippen LogP contribution in [-0.2, 0) is 33.2 Å². The van der Waals surface area contributed by atoms with E-state index in [1.54, 1.807) is 0 Å². The van der Waals surface area contributed by atoms with Crippen molar-refractivity contribution >= 4 is 5.97 Å². The summed E-state index contributed by atoms with van der Waals surface area (Å²) in [6, 6.07) is 0. The van der Waals surface area contributed by atoms with Gasteiger partial charge in [0.05, 0.1) is 26.4 Å². The van der Waals surface area contributed by atoms with E-state index in [0.717, 1.165) is 25.7 Å². The maximum Gasteiger partial charge on any atom is 0.306 e. The predicted molar refractivity (Wildman–Crippen MR) is 188 cm³/mol. The fourth-order valence-corrected chi connectivity index (χ4v) is 6.26. The summed E-state index contributed by atoms with van der Waals surface area (Å²) in [5, 5.41) is 71.2. The molecule has 2 saturated heterocycles. The normalized spacial score (nSPS) is 30.4. The fraction of sp³-hybridized carbons (Fsp3) is 0.973. The Labute approximate surface area is 304 Å². The highest BCUT2D eigenvalue weighted by Crippen LogP contribution is 2.26. The van der Waals surface area contributed by atoms with Crippen LogP contribution in [0.3, 0.4) is 0 Å². The zero-order chi connectivity index (χ0) is 37.4. The largest absolute Gasteiger partial charge is 0.457 e. The molecule has 0 saturated carbocycles. The Morgan fingerprint density at radius 3 is 1.57 bits per heavy atom. The van der Waals surface area contributed by atoms with Crippen LogP contribution in [0.4, 0.5) is 0 Å². The first-order valence-corrected chi connectivity index (χ1v) is 19.6. The Hall–Kier alpha value is -1.01. The van der Waals surface area contributed by atoms with Gasteiger partial charge in [0, 0.05) is 13.0 Å². The average molecular weight is 739 g/mol. The molecule has 11 atom stereocenters. The summed E-state index contributed by atoms with van der Waals surface area (Å²) in [5.74, 6) is -0.410. The Morgan fingerprint density at radius 1 is 0.569 bits per heavy atom. The molecule has 51 heavy (non-hydrogen) atoms. The molecule has 0 aromatic rings. The third kappa shape index (κ3) is 17.8. The van der Waals surface area contributed by atoms with Gasteiger partial charge in [-0.3, -0.25) is 4.79 Å². The number of unbranched alkanes of at least 4 members (excludes halogenated alkanes) is 15. The van der Waals surface area contributed by atoms with Crippen LogP contribution in [0.25, 0.3) is 0 Å². The first-order valence-electron chi connectivity index (χ1n) is 19.6. The SMILES string of the molecule is CCCCCCCCCCCCCCCCCOCC(COC1OC(COC2OC(CO)C(O)C(O)C2O)C(O)C(O)C1O)OC(=O)CCCC. The Bertz CT molecular complexity index is 865. The van der Waals surface area contributed by atoms with Crippen molar-refractivity contribution in [3.05, 3.63) is 0 Å². The van der Waals surface area contributed by atoms with Gasteiger partial charge in [0.15, 0.2) is 12.6 Å². The summed E-state index contributed by atoms with van der Waals surface area (Å²) in [6.45, 7) is 3.42. The molecule has 2 rings (SSSR count). The molecule has 0 aliphatic carbocycles. The van der Waals surface area contributed by atoms with Crippen molar-refractivity contribution in [1.29, 1.82) is 0 Å². The lowest BCUT2D eigenvalue weighted by atomic mass is 9.98. The molecule has 0 bridgehead atoms. The molecule has 2 heterocycles.